The number of benzene rings is 2. The van der Waals surface area contributed by atoms with Gasteiger partial charge in [-0.15, -0.1) is 0 Å². The van der Waals surface area contributed by atoms with Gasteiger partial charge in [-0.1, -0.05) is 24.3 Å². The van der Waals surface area contributed by atoms with Gasteiger partial charge in [0.2, 0.25) is 0 Å². The lowest BCUT2D eigenvalue weighted by Crippen LogP contribution is -2.13. The maximum absolute atomic E-state index is 13.3. The molecule has 4 heteroatoms. The quantitative estimate of drug-likeness (QED) is 0.773. The van der Waals surface area contributed by atoms with Crippen molar-refractivity contribution >= 4 is 10.8 Å². The number of halogens is 2. The summed E-state index contributed by atoms with van der Waals surface area (Å²) in [5.74, 6) is -1.27. The molecule has 0 amide bonds. The number of aromatic nitrogens is 1. The van der Waals surface area contributed by atoms with E-state index in [1.165, 1.54) is 12.1 Å². The minimum absolute atomic E-state index is 0.389. The standard InChI is InChI=1S/C16H12F2N2/c17-12-5-11(6-13(18)7-12)16(19)15-9-20-8-10-3-1-2-4-14(10)15/h1-9,16H,19H2. The van der Waals surface area contributed by atoms with Crippen LogP contribution in [0, 0.1) is 11.6 Å². The Morgan fingerprint density at radius 2 is 1.65 bits per heavy atom. The minimum Gasteiger partial charge on any atom is -0.320 e. The van der Waals surface area contributed by atoms with Crippen molar-refractivity contribution in [2.45, 2.75) is 6.04 Å². The second-order valence-corrected chi connectivity index (χ2v) is 4.63. The van der Waals surface area contributed by atoms with Crippen LogP contribution >= 0.6 is 0 Å². The van der Waals surface area contributed by atoms with E-state index in [2.05, 4.69) is 4.98 Å². The number of pyridine rings is 1. The summed E-state index contributed by atoms with van der Waals surface area (Å²) < 4.78 is 26.6. The molecule has 2 aromatic carbocycles. The van der Waals surface area contributed by atoms with Gasteiger partial charge in [0.1, 0.15) is 11.6 Å². The monoisotopic (exact) mass is 270 g/mol. The van der Waals surface area contributed by atoms with E-state index in [-0.39, 0.29) is 0 Å². The van der Waals surface area contributed by atoms with Gasteiger partial charge in [-0.3, -0.25) is 4.98 Å². The highest BCUT2D eigenvalue weighted by Crippen LogP contribution is 2.27. The van der Waals surface area contributed by atoms with Crippen LogP contribution in [0.5, 0.6) is 0 Å². The van der Waals surface area contributed by atoms with Crippen LogP contribution in [0.25, 0.3) is 10.8 Å². The topological polar surface area (TPSA) is 38.9 Å². The molecule has 3 aromatic rings. The highest BCUT2D eigenvalue weighted by molar-refractivity contribution is 5.85. The van der Waals surface area contributed by atoms with Crippen LogP contribution in [0.4, 0.5) is 8.78 Å². The number of hydrogen-bond acceptors (Lipinski definition) is 2. The van der Waals surface area contributed by atoms with Gasteiger partial charge in [0.25, 0.3) is 0 Å². The van der Waals surface area contributed by atoms with E-state index in [0.717, 1.165) is 22.4 Å². The molecule has 0 spiro atoms. The molecule has 1 heterocycles. The lowest BCUT2D eigenvalue weighted by molar-refractivity contribution is 0.577. The number of hydrogen-bond donors (Lipinski definition) is 1. The molecule has 1 unspecified atom stereocenters. The highest BCUT2D eigenvalue weighted by Gasteiger charge is 2.14. The van der Waals surface area contributed by atoms with E-state index in [1.807, 2.05) is 24.3 Å². The fourth-order valence-electron chi connectivity index (χ4n) is 2.32. The fourth-order valence-corrected chi connectivity index (χ4v) is 2.32. The molecule has 0 aliphatic carbocycles. The van der Waals surface area contributed by atoms with Gasteiger partial charge < -0.3 is 5.73 Å². The molecule has 0 saturated heterocycles. The van der Waals surface area contributed by atoms with Crippen LogP contribution in [0.1, 0.15) is 17.2 Å². The third-order valence-corrected chi connectivity index (χ3v) is 3.28. The van der Waals surface area contributed by atoms with Gasteiger partial charge in [-0.05, 0) is 28.6 Å². The van der Waals surface area contributed by atoms with Gasteiger partial charge in [0, 0.05) is 23.8 Å². The smallest absolute Gasteiger partial charge is 0.126 e. The molecular weight excluding hydrogens is 258 g/mol. The van der Waals surface area contributed by atoms with Crippen molar-refractivity contribution < 1.29 is 8.78 Å². The number of rotatable bonds is 2. The summed E-state index contributed by atoms with van der Waals surface area (Å²) in [4.78, 5) is 4.14. The lowest BCUT2D eigenvalue weighted by Gasteiger charge is -2.15. The van der Waals surface area contributed by atoms with Gasteiger partial charge in [0.15, 0.2) is 0 Å². The average Bonchev–Trinajstić information content (AvgIpc) is 2.45. The summed E-state index contributed by atoms with van der Waals surface area (Å²) >= 11 is 0. The van der Waals surface area contributed by atoms with Crippen molar-refractivity contribution in [1.82, 2.24) is 4.98 Å². The molecule has 1 aromatic heterocycles. The molecule has 2 N–H and O–H groups in total. The Bertz CT molecular complexity index is 746. The molecule has 0 saturated carbocycles. The van der Waals surface area contributed by atoms with Gasteiger partial charge in [-0.25, -0.2) is 8.78 Å². The van der Waals surface area contributed by atoms with Gasteiger partial charge in [0.05, 0.1) is 6.04 Å². The fraction of sp³-hybridized carbons (Fsp3) is 0.0625. The number of nitrogens with two attached hydrogens (primary N) is 1. The summed E-state index contributed by atoms with van der Waals surface area (Å²) in [5, 5.41) is 1.87. The molecule has 1 atom stereocenters. The van der Waals surface area contributed by atoms with Crippen LogP contribution in [-0.4, -0.2) is 4.98 Å². The first-order valence-corrected chi connectivity index (χ1v) is 6.19. The maximum Gasteiger partial charge on any atom is 0.126 e. The summed E-state index contributed by atoms with van der Waals surface area (Å²) in [6, 6.07) is 10.3. The van der Waals surface area contributed by atoms with Crippen molar-refractivity contribution in [1.29, 1.82) is 0 Å². The van der Waals surface area contributed by atoms with Gasteiger partial charge >= 0.3 is 0 Å². The van der Waals surface area contributed by atoms with Crippen LogP contribution in [0.15, 0.2) is 54.9 Å². The number of nitrogens with zero attached hydrogens (tertiary/aromatic N) is 1. The van der Waals surface area contributed by atoms with Crippen molar-refractivity contribution in [3.05, 3.63) is 77.6 Å². The Hall–Kier alpha value is -2.33. The Morgan fingerprint density at radius 3 is 2.40 bits per heavy atom. The normalized spacial score (nSPS) is 12.6. The van der Waals surface area contributed by atoms with Crippen molar-refractivity contribution in [3.63, 3.8) is 0 Å². The third kappa shape index (κ3) is 2.26. The zero-order chi connectivity index (χ0) is 14.1. The highest BCUT2D eigenvalue weighted by atomic mass is 19.1. The molecule has 3 rings (SSSR count). The molecule has 0 bridgehead atoms. The third-order valence-electron chi connectivity index (χ3n) is 3.28. The van der Waals surface area contributed by atoms with Crippen molar-refractivity contribution in [2.24, 2.45) is 5.73 Å². The second-order valence-electron chi connectivity index (χ2n) is 4.63. The lowest BCUT2D eigenvalue weighted by atomic mass is 9.96. The largest absolute Gasteiger partial charge is 0.320 e. The van der Waals surface area contributed by atoms with E-state index in [9.17, 15) is 8.78 Å². The van der Waals surface area contributed by atoms with E-state index in [4.69, 9.17) is 5.73 Å². The summed E-state index contributed by atoms with van der Waals surface area (Å²) in [7, 11) is 0. The molecule has 20 heavy (non-hydrogen) atoms. The first-order chi connectivity index (χ1) is 9.65. The molecule has 0 radical (unpaired) electrons. The molecule has 0 aliphatic rings. The Kier molecular flexibility index (Phi) is 3.16. The molecule has 0 aliphatic heterocycles. The van der Waals surface area contributed by atoms with E-state index in [0.29, 0.717) is 5.56 Å². The summed E-state index contributed by atoms with van der Waals surface area (Å²) in [6.07, 6.45) is 3.37. The van der Waals surface area contributed by atoms with E-state index in [1.54, 1.807) is 12.4 Å². The SMILES string of the molecule is NC(c1cc(F)cc(F)c1)c1cncc2ccccc12. The summed E-state index contributed by atoms with van der Waals surface area (Å²) in [6.45, 7) is 0. The second kappa shape index (κ2) is 4.98. The zero-order valence-corrected chi connectivity index (χ0v) is 10.6. The first-order valence-electron chi connectivity index (χ1n) is 6.19. The molecule has 0 fully saturated rings. The first kappa shape index (κ1) is 12.7. The Labute approximate surface area is 114 Å². The zero-order valence-electron chi connectivity index (χ0n) is 10.6. The summed E-state index contributed by atoms with van der Waals surface area (Å²) in [5.41, 5.74) is 7.28. The van der Waals surface area contributed by atoms with Crippen LogP contribution in [0.2, 0.25) is 0 Å². The van der Waals surface area contributed by atoms with Gasteiger partial charge in [-0.2, -0.15) is 0 Å². The Morgan fingerprint density at radius 1 is 0.950 bits per heavy atom. The molecule has 2 nitrogen and oxygen atoms in total. The van der Waals surface area contributed by atoms with Crippen LogP contribution in [-0.2, 0) is 0 Å². The van der Waals surface area contributed by atoms with E-state index >= 15 is 0 Å². The van der Waals surface area contributed by atoms with Crippen molar-refractivity contribution in [2.75, 3.05) is 0 Å². The molecular formula is C16H12F2N2. The average molecular weight is 270 g/mol. The molecule has 100 valence electrons. The predicted molar refractivity (Wildman–Crippen MR) is 74.1 cm³/mol. The number of fused-ring (bicyclic) bond motifs is 1. The van der Waals surface area contributed by atoms with Crippen LogP contribution in [0.3, 0.4) is 0 Å². The minimum atomic E-state index is -0.636. The maximum atomic E-state index is 13.3. The predicted octanol–water partition coefficient (Wildman–Crippen LogP) is 3.56. The Balaban J connectivity index is 2.15. The van der Waals surface area contributed by atoms with Crippen LogP contribution < -0.4 is 5.73 Å². The van der Waals surface area contributed by atoms with E-state index < -0.39 is 17.7 Å². The van der Waals surface area contributed by atoms with Crippen molar-refractivity contribution in [3.8, 4) is 0 Å².